The Bertz CT molecular complexity index is 5040. The lowest BCUT2D eigenvalue weighted by molar-refractivity contribution is 1.18. The molecule has 1 aromatic heterocycles. The van der Waals surface area contributed by atoms with Crippen molar-refractivity contribution in [3.8, 4) is 50.2 Å². The van der Waals surface area contributed by atoms with Crippen molar-refractivity contribution in [2.24, 2.45) is 0 Å². The van der Waals surface area contributed by atoms with Crippen molar-refractivity contribution in [1.82, 2.24) is 4.57 Å². The fourth-order valence-corrected chi connectivity index (χ4v) is 5.55. The standard InChI is InChI=1S/C54H38N2/c1-4-14-39(15-5-1)41-26-31-48(32-27-41)55(49-33-28-42(29-34-49)44-19-12-18-43(36-44)40-16-6-2-7-17-40)50-23-13-20-45(37-50)46-30-35-54-52(38-46)51-24-10-11-25-53(51)56(54)47-21-8-3-9-22-47/h1-38H/i1D,2D,3D,4D,5D,6D,7D,8D,9D,10D,11D,12D,13D,14D,15D,16D,17D,18D,19D,20D,21D,22D,23D,24D,25D,26D,27D,28D,29D,30D,31D,32D,33D,34D,35D,36D,37D,38D. The van der Waals surface area contributed by atoms with Crippen LogP contribution >= 0.6 is 0 Å². The van der Waals surface area contributed by atoms with Crippen molar-refractivity contribution in [1.29, 1.82) is 0 Å². The van der Waals surface area contributed by atoms with E-state index in [9.17, 15) is 21.9 Å². The molecule has 2 heteroatoms. The Morgan fingerprint density at radius 2 is 0.714 bits per heavy atom. The van der Waals surface area contributed by atoms with Crippen LogP contribution in [-0.2, 0) is 0 Å². The Hall–Kier alpha value is -7.42. The minimum absolute atomic E-state index is 0.181. The first-order valence-corrected chi connectivity index (χ1v) is 16.1. The van der Waals surface area contributed by atoms with Crippen LogP contribution in [-0.4, -0.2) is 4.57 Å². The Balaban J connectivity index is 1.39. The number of hydrogen-bond acceptors (Lipinski definition) is 1. The van der Waals surface area contributed by atoms with Gasteiger partial charge in [0.25, 0.3) is 0 Å². The Morgan fingerprint density at radius 3 is 1.36 bits per heavy atom. The third-order valence-corrected chi connectivity index (χ3v) is 8.00. The lowest BCUT2D eigenvalue weighted by atomic mass is 9.98. The summed E-state index contributed by atoms with van der Waals surface area (Å²) >= 11 is 0. The van der Waals surface area contributed by atoms with Gasteiger partial charge in [0.05, 0.1) is 63.1 Å². The minimum atomic E-state index is -1.44. The summed E-state index contributed by atoms with van der Waals surface area (Å²) in [4.78, 5) is 0.181. The van der Waals surface area contributed by atoms with E-state index >= 15 is 0 Å². The average molecular weight is 753 g/mol. The molecule has 9 aromatic carbocycles. The van der Waals surface area contributed by atoms with E-state index in [-0.39, 0.29) is 4.90 Å². The van der Waals surface area contributed by atoms with Crippen molar-refractivity contribution in [3.05, 3.63) is 230 Å². The van der Waals surface area contributed by atoms with E-state index in [1.807, 2.05) is 0 Å². The van der Waals surface area contributed by atoms with E-state index in [0.29, 0.717) is 4.57 Å². The molecule has 0 fully saturated rings. The molecule has 0 aliphatic heterocycles. The maximum absolute atomic E-state index is 10.1. The van der Waals surface area contributed by atoms with Crippen LogP contribution in [0.15, 0.2) is 230 Å². The quantitative estimate of drug-likeness (QED) is 0.150. The van der Waals surface area contributed by atoms with E-state index in [4.69, 9.17) is 30.2 Å². The number of aromatic nitrogens is 1. The minimum Gasteiger partial charge on any atom is -0.310 e. The summed E-state index contributed by atoms with van der Waals surface area (Å²) in [6.07, 6.45) is 0. The Morgan fingerprint density at radius 1 is 0.286 bits per heavy atom. The van der Waals surface area contributed by atoms with Crippen molar-refractivity contribution >= 4 is 38.9 Å². The van der Waals surface area contributed by atoms with Gasteiger partial charge in [-0.1, -0.05) is 157 Å². The third kappa shape index (κ3) is 6.24. The summed E-state index contributed by atoms with van der Waals surface area (Å²) in [6.45, 7) is 0. The van der Waals surface area contributed by atoms with Crippen LogP contribution in [0.2, 0.25) is 0 Å². The smallest absolute Gasteiger partial charge is 0.0651 e. The van der Waals surface area contributed by atoms with Crippen molar-refractivity contribution < 1.29 is 52.1 Å². The molecule has 0 amide bonds. The highest BCUT2D eigenvalue weighted by atomic mass is 15.1. The number of rotatable bonds is 8. The molecular weight excluding hydrogens is 677 g/mol. The van der Waals surface area contributed by atoms with E-state index in [2.05, 4.69) is 0 Å². The van der Waals surface area contributed by atoms with E-state index in [1.165, 1.54) is 0 Å². The maximum atomic E-state index is 10.1. The lowest BCUT2D eigenvalue weighted by Crippen LogP contribution is -2.10. The van der Waals surface area contributed by atoms with Crippen LogP contribution in [0.3, 0.4) is 0 Å². The second-order valence-electron chi connectivity index (χ2n) is 11.3. The summed E-state index contributed by atoms with van der Waals surface area (Å²) in [5.41, 5.74) is -14.4. The third-order valence-electron chi connectivity index (χ3n) is 8.00. The van der Waals surface area contributed by atoms with Crippen LogP contribution in [0.25, 0.3) is 72.0 Å². The summed E-state index contributed by atoms with van der Waals surface area (Å²) in [5, 5.41) is -1.47. The molecule has 0 bridgehead atoms. The topological polar surface area (TPSA) is 8.17 Å². The molecule has 1 heterocycles. The van der Waals surface area contributed by atoms with Gasteiger partial charge in [-0.05, 0) is 117 Å². The van der Waals surface area contributed by atoms with E-state index < -0.39 is 319 Å². The van der Waals surface area contributed by atoms with Crippen LogP contribution in [0.1, 0.15) is 52.1 Å². The van der Waals surface area contributed by atoms with Gasteiger partial charge in [-0.15, -0.1) is 0 Å². The molecule has 0 aliphatic carbocycles. The highest BCUT2D eigenvalue weighted by Crippen LogP contribution is 2.40. The predicted molar refractivity (Wildman–Crippen MR) is 237 cm³/mol. The van der Waals surface area contributed by atoms with Crippen LogP contribution in [0.4, 0.5) is 17.1 Å². The van der Waals surface area contributed by atoms with Gasteiger partial charge < -0.3 is 9.47 Å². The number of anilines is 3. The zero-order valence-corrected chi connectivity index (χ0v) is 27.9. The number of benzene rings is 9. The molecule has 10 aromatic rings. The van der Waals surface area contributed by atoms with Gasteiger partial charge in [-0.25, -0.2) is 0 Å². The molecule has 0 radical (unpaired) electrons. The highest BCUT2D eigenvalue weighted by Gasteiger charge is 2.17. The second kappa shape index (κ2) is 14.4. The number of nitrogens with zero attached hydrogens (tertiary/aromatic N) is 2. The second-order valence-corrected chi connectivity index (χ2v) is 11.3. The van der Waals surface area contributed by atoms with Gasteiger partial charge in [-0.2, -0.15) is 0 Å². The Kier molecular flexibility index (Phi) is 3.10. The molecule has 0 spiro atoms. The zero-order chi connectivity index (χ0) is 70.3. The monoisotopic (exact) mass is 753 g/mol. The van der Waals surface area contributed by atoms with E-state index in [1.54, 1.807) is 0 Å². The fourth-order valence-electron chi connectivity index (χ4n) is 5.55. The zero-order valence-electron chi connectivity index (χ0n) is 65.9. The first kappa shape index (κ1) is 12.0. The molecular formula is C54H38N2. The molecule has 0 saturated heterocycles. The molecule has 2 nitrogen and oxygen atoms in total. The molecule has 56 heavy (non-hydrogen) atoms. The number of fused-ring (bicyclic) bond motifs is 3. The summed E-state index contributed by atoms with van der Waals surface area (Å²) in [5.74, 6) is 0. The SMILES string of the molecule is [2H]c1c([2H])c([2H])c(-c2c([2H])c([2H])c(N(c3c([2H])c([2H])c(-c4c([2H])c([2H])c([2H])c(-c5c([2H])c([2H])c([2H])c([2H])c5[2H])c4[2H])c([2H])c3[2H])c3c([2H])c([2H])c([2H])c(-c4c([2H])c([2H])c5c(c4[2H])c4c([2H])c([2H])c([2H])c([2H])c4n5-c4c([2H])c([2H])c([2H])c([2H])c4[2H])c3[2H])c([2H])c2[2H])c([2H])c1[2H]. The number of para-hydroxylation sites is 2. The van der Waals surface area contributed by atoms with Gasteiger partial charge >= 0.3 is 0 Å². The normalized spacial score (nSPS) is 20.7. The van der Waals surface area contributed by atoms with Gasteiger partial charge in [-0.3, -0.25) is 0 Å². The van der Waals surface area contributed by atoms with Crippen LogP contribution < -0.4 is 4.90 Å². The number of hydrogen-bond donors (Lipinski definition) is 0. The molecule has 10 rings (SSSR count). The molecule has 264 valence electrons. The van der Waals surface area contributed by atoms with Crippen molar-refractivity contribution in [2.45, 2.75) is 0 Å². The predicted octanol–water partition coefficient (Wildman–Crippen LogP) is 14.9. The summed E-state index contributed by atoms with van der Waals surface area (Å²) in [6, 6.07) is -43.3. The largest absolute Gasteiger partial charge is 0.310 e. The summed E-state index contributed by atoms with van der Waals surface area (Å²) in [7, 11) is 0. The van der Waals surface area contributed by atoms with E-state index in [0.717, 1.165) is 0 Å². The Labute approximate surface area is 381 Å². The van der Waals surface area contributed by atoms with Crippen molar-refractivity contribution in [2.75, 3.05) is 4.90 Å². The first-order chi connectivity index (χ1) is 43.6. The average Bonchev–Trinajstić information content (AvgIpc) is 1.43. The highest BCUT2D eigenvalue weighted by molar-refractivity contribution is 6.10. The van der Waals surface area contributed by atoms with Gasteiger partial charge in [0.15, 0.2) is 0 Å². The van der Waals surface area contributed by atoms with Gasteiger partial charge in [0, 0.05) is 33.5 Å². The summed E-state index contributed by atoms with van der Waals surface area (Å²) < 4.78 is 343. The maximum Gasteiger partial charge on any atom is 0.0651 e. The molecule has 0 atom stereocenters. The molecule has 0 N–H and O–H groups in total. The van der Waals surface area contributed by atoms with Crippen LogP contribution in [0.5, 0.6) is 0 Å². The first-order valence-electron chi connectivity index (χ1n) is 35.1. The van der Waals surface area contributed by atoms with Crippen molar-refractivity contribution in [3.63, 3.8) is 0 Å². The molecule has 0 unspecified atom stereocenters. The van der Waals surface area contributed by atoms with Gasteiger partial charge in [0.1, 0.15) is 0 Å². The fraction of sp³-hybridized carbons (Fsp3) is 0. The molecule has 0 saturated carbocycles. The molecule has 0 aliphatic rings. The van der Waals surface area contributed by atoms with Crippen LogP contribution in [0, 0.1) is 0 Å². The lowest BCUT2D eigenvalue weighted by Gasteiger charge is -2.26. The van der Waals surface area contributed by atoms with Gasteiger partial charge in [0.2, 0.25) is 0 Å².